The molecule has 1 fully saturated rings. The zero-order valence-electron chi connectivity index (χ0n) is 9.95. The van der Waals surface area contributed by atoms with Crippen molar-refractivity contribution in [1.29, 1.82) is 0 Å². The lowest BCUT2D eigenvalue weighted by Gasteiger charge is -2.30. The monoisotopic (exact) mass is 225 g/mol. The van der Waals surface area contributed by atoms with Gasteiger partial charge in [0.1, 0.15) is 5.60 Å². The third-order valence-corrected chi connectivity index (χ3v) is 2.89. The fraction of sp³-hybridized carbons (Fsp3) is 0.818. The molecule has 0 radical (unpaired) electrons. The summed E-state index contributed by atoms with van der Waals surface area (Å²) in [5, 5.41) is 7.07. The zero-order valence-corrected chi connectivity index (χ0v) is 9.95. The van der Waals surface area contributed by atoms with Crippen LogP contribution in [0.1, 0.15) is 45.4 Å². The summed E-state index contributed by atoms with van der Waals surface area (Å²) in [5.74, 6) is 0.658. The van der Waals surface area contributed by atoms with Crippen LogP contribution in [-0.4, -0.2) is 23.3 Å². The Kier molecular flexibility index (Phi) is 3.43. The van der Waals surface area contributed by atoms with Crippen LogP contribution >= 0.6 is 0 Å². The van der Waals surface area contributed by atoms with E-state index in [9.17, 15) is 0 Å². The predicted octanol–water partition coefficient (Wildman–Crippen LogP) is 2.31. The molecule has 5 nitrogen and oxygen atoms in total. The van der Waals surface area contributed by atoms with E-state index in [1.807, 2.05) is 6.92 Å². The molecule has 1 unspecified atom stereocenters. The number of aromatic nitrogens is 2. The van der Waals surface area contributed by atoms with E-state index in [2.05, 4.69) is 22.4 Å². The van der Waals surface area contributed by atoms with Gasteiger partial charge in [0.2, 0.25) is 5.82 Å². The zero-order chi connectivity index (χ0) is 11.4. The second kappa shape index (κ2) is 4.82. The molecule has 0 saturated carbocycles. The van der Waals surface area contributed by atoms with E-state index in [0.717, 1.165) is 38.8 Å². The Labute approximate surface area is 95.6 Å². The Morgan fingerprint density at radius 3 is 3.00 bits per heavy atom. The van der Waals surface area contributed by atoms with Gasteiger partial charge in [-0.25, -0.2) is 0 Å². The van der Waals surface area contributed by atoms with Gasteiger partial charge in [-0.1, -0.05) is 12.1 Å². The topological polar surface area (TPSA) is 60.2 Å². The van der Waals surface area contributed by atoms with Gasteiger partial charge in [-0.15, -0.1) is 0 Å². The summed E-state index contributed by atoms with van der Waals surface area (Å²) < 4.78 is 10.9. The molecule has 0 amide bonds. The summed E-state index contributed by atoms with van der Waals surface area (Å²) in [5.41, 5.74) is -0.367. The molecule has 0 aliphatic carbocycles. The predicted molar refractivity (Wildman–Crippen MR) is 60.2 cm³/mol. The highest BCUT2D eigenvalue weighted by atomic mass is 16.5. The molecular formula is C11H19N3O2. The van der Waals surface area contributed by atoms with Gasteiger partial charge in [0.25, 0.3) is 0 Å². The van der Waals surface area contributed by atoms with E-state index in [0.29, 0.717) is 11.8 Å². The molecule has 0 spiro atoms. The molecule has 1 saturated heterocycles. The van der Waals surface area contributed by atoms with Gasteiger partial charge in [-0.2, -0.15) is 4.98 Å². The van der Waals surface area contributed by atoms with Crippen molar-refractivity contribution in [2.24, 2.45) is 0 Å². The van der Waals surface area contributed by atoms with Gasteiger partial charge in [-0.3, -0.25) is 0 Å². The third kappa shape index (κ3) is 2.35. The lowest BCUT2D eigenvalue weighted by atomic mass is 9.95. The molecule has 5 heteroatoms. The van der Waals surface area contributed by atoms with Crippen LogP contribution < -0.4 is 5.32 Å². The van der Waals surface area contributed by atoms with Gasteiger partial charge >= 0.3 is 6.01 Å². The molecule has 1 aromatic heterocycles. The Hall–Kier alpha value is -1.10. The molecule has 1 atom stereocenters. The van der Waals surface area contributed by atoms with E-state index < -0.39 is 0 Å². The van der Waals surface area contributed by atoms with Crippen LogP contribution in [0.4, 0.5) is 6.01 Å². The van der Waals surface area contributed by atoms with Crippen LogP contribution in [0.2, 0.25) is 0 Å². The van der Waals surface area contributed by atoms with Crippen LogP contribution in [0, 0.1) is 0 Å². The van der Waals surface area contributed by atoms with Crippen molar-refractivity contribution in [2.45, 2.75) is 45.1 Å². The summed E-state index contributed by atoms with van der Waals surface area (Å²) >= 11 is 0. The maximum absolute atomic E-state index is 5.76. The van der Waals surface area contributed by atoms with Crippen LogP contribution in [0.3, 0.4) is 0 Å². The highest BCUT2D eigenvalue weighted by molar-refractivity contribution is 5.19. The highest BCUT2D eigenvalue weighted by Gasteiger charge is 2.34. The van der Waals surface area contributed by atoms with Crippen molar-refractivity contribution in [3.63, 3.8) is 0 Å². The second-order valence-electron chi connectivity index (χ2n) is 4.39. The van der Waals surface area contributed by atoms with Crippen molar-refractivity contribution in [3.05, 3.63) is 5.82 Å². The fourth-order valence-electron chi connectivity index (χ4n) is 1.85. The molecule has 1 N–H and O–H groups in total. The number of nitrogens with one attached hydrogen (secondary N) is 1. The summed E-state index contributed by atoms with van der Waals surface area (Å²) in [6.07, 6.45) is 4.27. The minimum Gasteiger partial charge on any atom is -0.367 e. The molecule has 16 heavy (non-hydrogen) atoms. The first kappa shape index (κ1) is 11.4. The Balaban J connectivity index is 2.05. The SMILES string of the molecule is CCCNc1nc(C2(C)CCCCO2)no1. The van der Waals surface area contributed by atoms with Gasteiger partial charge in [0.15, 0.2) is 0 Å². The maximum atomic E-state index is 5.76. The van der Waals surface area contributed by atoms with E-state index in [1.165, 1.54) is 0 Å². The number of nitrogens with zero attached hydrogens (tertiary/aromatic N) is 2. The largest absolute Gasteiger partial charge is 0.367 e. The number of hydrogen-bond acceptors (Lipinski definition) is 5. The first-order chi connectivity index (χ1) is 7.74. The van der Waals surface area contributed by atoms with E-state index in [-0.39, 0.29) is 5.60 Å². The molecule has 2 rings (SSSR count). The second-order valence-corrected chi connectivity index (χ2v) is 4.39. The molecule has 1 aliphatic rings. The molecule has 2 heterocycles. The molecule has 1 aromatic rings. The molecular weight excluding hydrogens is 206 g/mol. The van der Waals surface area contributed by atoms with E-state index in [1.54, 1.807) is 0 Å². The van der Waals surface area contributed by atoms with Crippen molar-refractivity contribution in [3.8, 4) is 0 Å². The van der Waals surface area contributed by atoms with Gasteiger partial charge < -0.3 is 14.6 Å². The standard InChI is InChI=1S/C11H19N3O2/c1-3-7-12-10-13-9(14-16-10)11(2)6-4-5-8-15-11/h3-8H2,1-2H3,(H,12,13,14). The average molecular weight is 225 g/mol. The van der Waals surface area contributed by atoms with Crippen LogP contribution in [0.5, 0.6) is 0 Å². The fourth-order valence-corrected chi connectivity index (χ4v) is 1.85. The Bertz CT molecular complexity index is 332. The van der Waals surface area contributed by atoms with Crippen LogP contribution in [0.25, 0.3) is 0 Å². The highest BCUT2D eigenvalue weighted by Crippen LogP contribution is 2.33. The minimum atomic E-state index is -0.367. The number of ether oxygens (including phenoxy) is 1. The maximum Gasteiger partial charge on any atom is 0.321 e. The van der Waals surface area contributed by atoms with Gasteiger partial charge in [-0.05, 0) is 32.6 Å². The molecule has 1 aliphatic heterocycles. The quantitative estimate of drug-likeness (QED) is 0.852. The normalized spacial score (nSPS) is 25.6. The molecule has 0 aromatic carbocycles. The lowest BCUT2D eigenvalue weighted by molar-refractivity contribution is -0.0770. The van der Waals surface area contributed by atoms with Gasteiger partial charge in [0, 0.05) is 13.2 Å². The number of anilines is 1. The van der Waals surface area contributed by atoms with Gasteiger partial charge in [0.05, 0.1) is 0 Å². The number of rotatable bonds is 4. The summed E-state index contributed by atoms with van der Waals surface area (Å²) in [6.45, 7) is 5.75. The molecule has 0 bridgehead atoms. The Morgan fingerprint density at radius 2 is 2.31 bits per heavy atom. The summed E-state index contributed by atoms with van der Waals surface area (Å²) in [7, 11) is 0. The van der Waals surface area contributed by atoms with E-state index in [4.69, 9.17) is 9.26 Å². The van der Waals surface area contributed by atoms with E-state index >= 15 is 0 Å². The smallest absolute Gasteiger partial charge is 0.321 e. The lowest BCUT2D eigenvalue weighted by Crippen LogP contribution is -2.31. The van der Waals surface area contributed by atoms with Crippen LogP contribution in [0.15, 0.2) is 4.52 Å². The first-order valence-corrected chi connectivity index (χ1v) is 5.96. The summed E-state index contributed by atoms with van der Waals surface area (Å²) in [4.78, 5) is 4.33. The molecule has 90 valence electrons. The average Bonchev–Trinajstić information content (AvgIpc) is 2.77. The Morgan fingerprint density at radius 1 is 1.44 bits per heavy atom. The first-order valence-electron chi connectivity index (χ1n) is 5.96. The van der Waals surface area contributed by atoms with Crippen molar-refractivity contribution in [1.82, 2.24) is 10.1 Å². The van der Waals surface area contributed by atoms with Crippen molar-refractivity contribution in [2.75, 3.05) is 18.5 Å². The van der Waals surface area contributed by atoms with Crippen LogP contribution in [-0.2, 0) is 10.3 Å². The number of hydrogen-bond donors (Lipinski definition) is 1. The third-order valence-electron chi connectivity index (χ3n) is 2.89. The summed E-state index contributed by atoms with van der Waals surface area (Å²) in [6, 6.07) is 0.493. The van der Waals surface area contributed by atoms with Crippen molar-refractivity contribution < 1.29 is 9.26 Å². The minimum absolute atomic E-state index is 0.367. The van der Waals surface area contributed by atoms with Crippen molar-refractivity contribution >= 4 is 6.01 Å².